The Kier molecular flexibility index (Phi) is 3.41. The molecule has 2 heteroatoms. The molecule has 19 heavy (non-hydrogen) atoms. The van der Waals surface area contributed by atoms with E-state index in [1.807, 2.05) is 12.1 Å². The van der Waals surface area contributed by atoms with Gasteiger partial charge in [-0.25, -0.2) is 4.79 Å². The van der Waals surface area contributed by atoms with Crippen molar-refractivity contribution in [1.82, 2.24) is 0 Å². The normalized spacial score (nSPS) is 18.9. The van der Waals surface area contributed by atoms with E-state index in [-0.39, 0.29) is 5.97 Å². The van der Waals surface area contributed by atoms with Gasteiger partial charge in [-0.15, -0.1) is 0 Å². The van der Waals surface area contributed by atoms with Crippen LogP contribution in [0.3, 0.4) is 0 Å². The third-order valence-electron chi connectivity index (χ3n) is 4.42. The third kappa shape index (κ3) is 2.32. The maximum absolute atomic E-state index is 11.6. The minimum atomic E-state index is -0.242. The second-order valence-corrected chi connectivity index (χ2v) is 5.56. The van der Waals surface area contributed by atoms with E-state index in [0.29, 0.717) is 5.56 Å². The van der Waals surface area contributed by atoms with Gasteiger partial charge in [0.15, 0.2) is 0 Å². The number of methoxy groups -OCH3 is 1. The van der Waals surface area contributed by atoms with Gasteiger partial charge in [-0.1, -0.05) is 31.4 Å². The van der Waals surface area contributed by atoms with Gasteiger partial charge in [0.05, 0.1) is 12.7 Å². The molecule has 0 heterocycles. The number of hydrogen-bond donors (Lipinski definition) is 0. The minimum absolute atomic E-state index is 0.242. The Morgan fingerprint density at radius 1 is 1.21 bits per heavy atom. The van der Waals surface area contributed by atoms with E-state index in [9.17, 15) is 4.79 Å². The summed E-state index contributed by atoms with van der Waals surface area (Å²) in [4.78, 5) is 11.6. The molecule has 0 unspecified atom stereocenters. The zero-order valence-electron chi connectivity index (χ0n) is 11.4. The molecular weight excluding hydrogens is 236 g/mol. The molecule has 2 aliphatic rings. The van der Waals surface area contributed by atoms with Gasteiger partial charge in [0.2, 0.25) is 0 Å². The number of allylic oxidation sites excluding steroid dienone is 2. The molecule has 0 N–H and O–H groups in total. The number of esters is 1. The van der Waals surface area contributed by atoms with Crippen molar-refractivity contribution >= 4 is 11.5 Å². The molecule has 0 atom stereocenters. The minimum Gasteiger partial charge on any atom is -0.465 e. The Morgan fingerprint density at radius 2 is 2.00 bits per heavy atom. The molecule has 3 rings (SSSR count). The maximum atomic E-state index is 11.6. The molecule has 0 radical (unpaired) electrons. The average Bonchev–Trinajstić information content (AvgIpc) is 2.90. The number of fused-ring (bicyclic) bond motifs is 1. The SMILES string of the molecule is COC(=O)c1ccc2c(c1)CC=C2C1CCCCC1. The van der Waals surface area contributed by atoms with E-state index in [2.05, 4.69) is 12.1 Å². The molecule has 0 saturated heterocycles. The molecule has 2 nitrogen and oxygen atoms in total. The first kappa shape index (κ1) is 12.5. The smallest absolute Gasteiger partial charge is 0.337 e. The van der Waals surface area contributed by atoms with Crippen LogP contribution in [0.1, 0.15) is 53.6 Å². The summed E-state index contributed by atoms with van der Waals surface area (Å²) in [6, 6.07) is 6.00. The van der Waals surface area contributed by atoms with Gasteiger partial charge < -0.3 is 4.74 Å². The Bertz CT molecular complexity index is 522. The molecular formula is C17H20O2. The fraction of sp³-hybridized carbons (Fsp3) is 0.471. The van der Waals surface area contributed by atoms with Crippen molar-refractivity contribution in [3.63, 3.8) is 0 Å². The fourth-order valence-corrected chi connectivity index (χ4v) is 3.42. The van der Waals surface area contributed by atoms with Crippen LogP contribution in [0.5, 0.6) is 0 Å². The molecule has 1 aromatic carbocycles. The van der Waals surface area contributed by atoms with Gasteiger partial charge in [0.25, 0.3) is 0 Å². The molecule has 100 valence electrons. The maximum Gasteiger partial charge on any atom is 0.337 e. The van der Waals surface area contributed by atoms with E-state index in [1.165, 1.54) is 55.9 Å². The van der Waals surface area contributed by atoms with Crippen molar-refractivity contribution in [3.8, 4) is 0 Å². The number of benzene rings is 1. The number of carbonyl (C=O) groups excluding carboxylic acids is 1. The summed E-state index contributed by atoms with van der Waals surface area (Å²) in [7, 11) is 1.43. The molecule has 0 spiro atoms. The molecule has 2 aliphatic carbocycles. The molecule has 1 aromatic rings. The van der Waals surface area contributed by atoms with Gasteiger partial charge in [-0.3, -0.25) is 0 Å². The second kappa shape index (κ2) is 5.20. The van der Waals surface area contributed by atoms with Crippen molar-refractivity contribution < 1.29 is 9.53 Å². The van der Waals surface area contributed by atoms with Crippen LogP contribution in [0.4, 0.5) is 0 Å². The first-order valence-corrected chi connectivity index (χ1v) is 7.21. The Labute approximate surface area is 114 Å². The van der Waals surface area contributed by atoms with Crippen LogP contribution >= 0.6 is 0 Å². The van der Waals surface area contributed by atoms with Crippen LogP contribution in [0, 0.1) is 5.92 Å². The predicted octanol–water partition coefficient (Wildman–Crippen LogP) is 3.99. The van der Waals surface area contributed by atoms with E-state index in [4.69, 9.17) is 4.74 Å². The summed E-state index contributed by atoms with van der Waals surface area (Å²) in [6.07, 6.45) is 10.1. The zero-order chi connectivity index (χ0) is 13.2. The van der Waals surface area contributed by atoms with Gasteiger partial charge >= 0.3 is 5.97 Å². The Morgan fingerprint density at radius 3 is 2.74 bits per heavy atom. The standard InChI is InChI=1S/C17H20O2/c1-19-17(18)14-8-10-16-13(11-14)7-9-15(16)12-5-3-2-4-6-12/h8-12H,2-7H2,1H3. The highest BCUT2D eigenvalue weighted by Crippen LogP contribution is 2.40. The lowest BCUT2D eigenvalue weighted by molar-refractivity contribution is 0.0600. The van der Waals surface area contributed by atoms with Crippen molar-refractivity contribution in [2.75, 3.05) is 7.11 Å². The Balaban J connectivity index is 1.85. The van der Waals surface area contributed by atoms with E-state index in [0.717, 1.165) is 12.3 Å². The molecule has 0 aliphatic heterocycles. The molecule has 1 fully saturated rings. The Hall–Kier alpha value is -1.57. The largest absolute Gasteiger partial charge is 0.465 e. The van der Waals surface area contributed by atoms with Crippen LogP contribution in [0.2, 0.25) is 0 Å². The summed E-state index contributed by atoms with van der Waals surface area (Å²) >= 11 is 0. The van der Waals surface area contributed by atoms with Gasteiger partial charge in [0.1, 0.15) is 0 Å². The summed E-state index contributed by atoms with van der Waals surface area (Å²) in [5.41, 5.74) is 4.83. The van der Waals surface area contributed by atoms with Crippen LogP contribution in [-0.4, -0.2) is 13.1 Å². The number of rotatable bonds is 2. The highest BCUT2D eigenvalue weighted by molar-refractivity contribution is 5.90. The van der Waals surface area contributed by atoms with E-state index < -0.39 is 0 Å². The lowest BCUT2D eigenvalue weighted by Gasteiger charge is -2.23. The molecule has 0 bridgehead atoms. The monoisotopic (exact) mass is 256 g/mol. The molecule has 1 saturated carbocycles. The first-order valence-electron chi connectivity index (χ1n) is 7.21. The van der Waals surface area contributed by atoms with E-state index >= 15 is 0 Å². The summed E-state index contributed by atoms with van der Waals surface area (Å²) in [6.45, 7) is 0. The third-order valence-corrected chi connectivity index (χ3v) is 4.42. The molecule has 0 aromatic heterocycles. The quantitative estimate of drug-likeness (QED) is 0.748. The van der Waals surface area contributed by atoms with Crippen LogP contribution in [-0.2, 0) is 11.2 Å². The highest BCUT2D eigenvalue weighted by atomic mass is 16.5. The summed E-state index contributed by atoms with van der Waals surface area (Å²) in [5, 5.41) is 0. The van der Waals surface area contributed by atoms with Crippen molar-refractivity contribution in [2.24, 2.45) is 5.92 Å². The van der Waals surface area contributed by atoms with Gasteiger partial charge in [-0.05, 0) is 54.0 Å². The first-order chi connectivity index (χ1) is 9.29. The highest BCUT2D eigenvalue weighted by Gasteiger charge is 2.24. The van der Waals surface area contributed by atoms with Crippen LogP contribution in [0.25, 0.3) is 5.57 Å². The van der Waals surface area contributed by atoms with Crippen molar-refractivity contribution in [2.45, 2.75) is 38.5 Å². The van der Waals surface area contributed by atoms with Gasteiger partial charge in [0, 0.05) is 0 Å². The topological polar surface area (TPSA) is 26.3 Å². The number of hydrogen-bond acceptors (Lipinski definition) is 2. The predicted molar refractivity (Wildman–Crippen MR) is 76.0 cm³/mol. The van der Waals surface area contributed by atoms with Gasteiger partial charge in [-0.2, -0.15) is 0 Å². The molecule has 0 amide bonds. The number of ether oxygens (including phenoxy) is 1. The second-order valence-electron chi connectivity index (χ2n) is 5.56. The zero-order valence-corrected chi connectivity index (χ0v) is 11.4. The van der Waals surface area contributed by atoms with Crippen LogP contribution < -0.4 is 0 Å². The van der Waals surface area contributed by atoms with E-state index in [1.54, 1.807) is 0 Å². The lowest BCUT2D eigenvalue weighted by atomic mass is 9.81. The summed E-state index contributed by atoms with van der Waals surface area (Å²) in [5.74, 6) is 0.493. The fourth-order valence-electron chi connectivity index (χ4n) is 3.42. The van der Waals surface area contributed by atoms with Crippen LogP contribution in [0.15, 0.2) is 24.3 Å². The average molecular weight is 256 g/mol. The lowest BCUT2D eigenvalue weighted by Crippen LogP contribution is -2.08. The summed E-state index contributed by atoms with van der Waals surface area (Å²) < 4.78 is 4.78. The van der Waals surface area contributed by atoms with Crippen molar-refractivity contribution in [3.05, 3.63) is 41.0 Å². The number of carbonyl (C=O) groups is 1. The van der Waals surface area contributed by atoms with Crippen molar-refractivity contribution in [1.29, 1.82) is 0 Å².